The highest BCUT2D eigenvalue weighted by atomic mass is 19.4. The van der Waals surface area contributed by atoms with Crippen molar-refractivity contribution in [3.05, 3.63) is 59.7 Å². The molecule has 2 aliphatic heterocycles. The molecule has 4 rings (SSSR count). The van der Waals surface area contributed by atoms with Gasteiger partial charge >= 0.3 is 6.18 Å². The van der Waals surface area contributed by atoms with Gasteiger partial charge in [0.25, 0.3) is 0 Å². The van der Waals surface area contributed by atoms with Crippen molar-refractivity contribution in [3.63, 3.8) is 0 Å². The lowest BCUT2D eigenvalue weighted by Gasteiger charge is -2.37. The number of para-hydroxylation sites is 1. The SMILES string of the molecule is O=C(CN1CCN(c2cccc(C(F)(F)F)c2)CC1)N1CCCc2ccccc21. The van der Waals surface area contributed by atoms with Crippen LogP contribution >= 0.6 is 0 Å². The fourth-order valence-electron chi connectivity index (χ4n) is 4.11. The average molecular weight is 403 g/mol. The largest absolute Gasteiger partial charge is 0.416 e. The number of benzene rings is 2. The van der Waals surface area contributed by atoms with Crippen molar-refractivity contribution in [2.45, 2.75) is 19.0 Å². The van der Waals surface area contributed by atoms with E-state index < -0.39 is 11.7 Å². The van der Waals surface area contributed by atoms with Crippen molar-refractivity contribution in [3.8, 4) is 0 Å². The molecule has 2 aliphatic rings. The summed E-state index contributed by atoms with van der Waals surface area (Å²) in [5.41, 5.74) is 2.17. The standard InChI is InChI=1S/C22H24F3N3O/c23-22(24,25)18-7-3-8-19(15-18)27-13-11-26(12-14-27)16-21(29)28-10-4-6-17-5-1-2-9-20(17)28/h1-3,5,7-9,15H,4,6,10-14,16H2. The molecular weight excluding hydrogens is 379 g/mol. The Kier molecular flexibility index (Phi) is 5.50. The van der Waals surface area contributed by atoms with Gasteiger partial charge in [0.1, 0.15) is 0 Å². The number of hydrogen-bond acceptors (Lipinski definition) is 3. The molecule has 2 aromatic carbocycles. The summed E-state index contributed by atoms with van der Waals surface area (Å²) in [6.45, 7) is 3.58. The third-order valence-electron chi connectivity index (χ3n) is 5.68. The maximum absolute atomic E-state index is 13.0. The summed E-state index contributed by atoms with van der Waals surface area (Å²) >= 11 is 0. The number of amides is 1. The topological polar surface area (TPSA) is 26.8 Å². The monoisotopic (exact) mass is 403 g/mol. The lowest BCUT2D eigenvalue weighted by Crippen LogP contribution is -2.50. The van der Waals surface area contributed by atoms with E-state index in [-0.39, 0.29) is 5.91 Å². The van der Waals surface area contributed by atoms with Gasteiger partial charge in [-0.3, -0.25) is 9.69 Å². The van der Waals surface area contributed by atoms with Crippen molar-refractivity contribution in [2.24, 2.45) is 0 Å². The third-order valence-corrected chi connectivity index (χ3v) is 5.68. The van der Waals surface area contributed by atoms with Crippen molar-refractivity contribution in [1.29, 1.82) is 0 Å². The van der Waals surface area contributed by atoms with E-state index in [1.54, 1.807) is 6.07 Å². The first-order valence-corrected chi connectivity index (χ1v) is 9.95. The molecule has 0 atom stereocenters. The van der Waals surface area contributed by atoms with Gasteiger partial charge in [-0.1, -0.05) is 24.3 Å². The van der Waals surface area contributed by atoms with Crippen molar-refractivity contribution in [1.82, 2.24) is 4.90 Å². The van der Waals surface area contributed by atoms with E-state index in [2.05, 4.69) is 11.0 Å². The molecular formula is C22H24F3N3O. The van der Waals surface area contributed by atoms with Gasteiger partial charge < -0.3 is 9.80 Å². The zero-order valence-corrected chi connectivity index (χ0v) is 16.2. The number of halogens is 3. The normalized spacial score (nSPS) is 17.9. The van der Waals surface area contributed by atoms with E-state index in [1.807, 2.05) is 28.0 Å². The second kappa shape index (κ2) is 8.06. The Labute approximate surface area is 168 Å². The first-order valence-electron chi connectivity index (χ1n) is 9.95. The molecule has 0 radical (unpaired) electrons. The molecule has 29 heavy (non-hydrogen) atoms. The molecule has 0 saturated carbocycles. The number of fused-ring (bicyclic) bond motifs is 1. The molecule has 0 aromatic heterocycles. The zero-order chi connectivity index (χ0) is 20.4. The van der Waals surface area contributed by atoms with Crippen LogP contribution in [0.4, 0.5) is 24.5 Å². The van der Waals surface area contributed by atoms with Crippen LogP contribution in [0, 0.1) is 0 Å². The summed E-state index contributed by atoms with van der Waals surface area (Å²) in [5, 5.41) is 0. The Morgan fingerprint density at radius 2 is 1.69 bits per heavy atom. The molecule has 0 unspecified atom stereocenters. The van der Waals surface area contributed by atoms with Gasteiger partial charge in [0.15, 0.2) is 0 Å². The van der Waals surface area contributed by atoms with E-state index in [1.165, 1.54) is 17.7 Å². The van der Waals surface area contributed by atoms with Gasteiger partial charge in [-0.15, -0.1) is 0 Å². The van der Waals surface area contributed by atoms with Crippen LogP contribution in [0.2, 0.25) is 0 Å². The van der Waals surface area contributed by atoms with Crippen LogP contribution in [0.3, 0.4) is 0 Å². The molecule has 7 heteroatoms. The van der Waals surface area contributed by atoms with Crippen LogP contribution < -0.4 is 9.80 Å². The van der Waals surface area contributed by atoms with Gasteiger partial charge in [0.05, 0.1) is 12.1 Å². The van der Waals surface area contributed by atoms with Crippen molar-refractivity contribution >= 4 is 17.3 Å². The third kappa shape index (κ3) is 4.40. The molecule has 2 heterocycles. The number of hydrogen-bond donors (Lipinski definition) is 0. The highest BCUT2D eigenvalue weighted by molar-refractivity contribution is 5.96. The van der Waals surface area contributed by atoms with Crippen LogP contribution in [0.25, 0.3) is 0 Å². The second-order valence-electron chi connectivity index (χ2n) is 7.59. The fraction of sp³-hybridized carbons (Fsp3) is 0.409. The highest BCUT2D eigenvalue weighted by Gasteiger charge is 2.31. The Balaban J connectivity index is 1.36. The molecule has 0 N–H and O–H groups in total. The Morgan fingerprint density at radius 1 is 0.931 bits per heavy atom. The number of carbonyl (C=O) groups is 1. The number of nitrogens with zero attached hydrogens (tertiary/aromatic N) is 3. The number of anilines is 2. The summed E-state index contributed by atoms with van der Waals surface area (Å²) in [4.78, 5) is 18.8. The molecule has 154 valence electrons. The number of piperazine rings is 1. The van der Waals surface area contributed by atoms with Crippen LogP contribution in [-0.4, -0.2) is 50.1 Å². The molecule has 4 nitrogen and oxygen atoms in total. The number of alkyl halides is 3. The Bertz CT molecular complexity index is 876. The van der Waals surface area contributed by atoms with Gasteiger partial charge in [-0.25, -0.2) is 0 Å². The minimum Gasteiger partial charge on any atom is -0.369 e. The number of carbonyl (C=O) groups excluding carboxylic acids is 1. The van der Waals surface area contributed by atoms with E-state index in [4.69, 9.17) is 0 Å². The Morgan fingerprint density at radius 3 is 2.45 bits per heavy atom. The smallest absolute Gasteiger partial charge is 0.369 e. The number of rotatable bonds is 3. The van der Waals surface area contributed by atoms with Gasteiger partial charge in [-0.2, -0.15) is 13.2 Å². The summed E-state index contributed by atoms with van der Waals surface area (Å²) < 4.78 is 38.9. The quantitative estimate of drug-likeness (QED) is 0.780. The van der Waals surface area contributed by atoms with Crippen LogP contribution in [0.1, 0.15) is 17.5 Å². The predicted molar refractivity (Wildman–Crippen MR) is 107 cm³/mol. The van der Waals surface area contributed by atoms with E-state index >= 15 is 0 Å². The molecule has 0 bridgehead atoms. The van der Waals surface area contributed by atoms with E-state index in [9.17, 15) is 18.0 Å². The van der Waals surface area contributed by atoms with Gasteiger partial charge in [0.2, 0.25) is 5.91 Å². The summed E-state index contributed by atoms with van der Waals surface area (Å²) in [6.07, 6.45) is -2.38. The predicted octanol–water partition coefficient (Wildman–Crippen LogP) is 3.81. The minimum atomic E-state index is -4.34. The second-order valence-corrected chi connectivity index (χ2v) is 7.59. The van der Waals surface area contributed by atoms with E-state index in [0.717, 1.165) is 31.1 Å². The van der Waals surface area contributed by atoms with E-state index in [0.29, 0.717) is 38.4 Å². The average Bonchev–Trinajstić information content (AvgIpc) is 2.73. The first-order chi connectivity index (χ1) is 13.9. The maximum atomic E-state index is 13.0. The Hall–Kier alpha value is -2.54. The molecule has 1 fully saturated rings. The lowest BCUT2D eigenvalue weighted by molar-refractivity contribution is -0.137. The maximum Gasteiger partial charge on any atom is 0.416 e. The lowest BCUT2D eigenvalue weighted by atomic mass is 10.0. The number of aryl methyl sites for hydroxylation is 1. The van der Waals surface area contributed by atoms with Crippen LogP contribution in [0.15, 0.2) is 48.5 Å². The molecule has 1 saturated heterocycles. The molecule has 1 amide bonds. The summed E-state index contributed by atoms with van der Waals surface area (Å²) in [7, 11) is 0. The minimum absolute atomic E-state index is 0.0877. The fourth-order valence-corrected chi connectivity index (χ4v) is 4.11. The summed E-state index contributed by atoms with van der Waals surface area (Å²) in [6, 6.07) is 13.5. The van der Waals surface area contributed by atoms with Crippen molar-refractivity contribution < 1.29 is 18.0 Å². The van der Waals surface area contributed by atoms with Gasteiger partial charge in [-0.05, 0) is 42.7 Å². The van der Waals surface area contributed by atoms with Crippen LogP contribution in [-0.2, 0) is 17.4 Å². The van der Waals surface area contributed by atoms with Gasteiger partial charge in [0, 0.05) is 44.1 Å². The van der Waals surface area contributed by atoms with Crippen LogP contribution in [0.5, 0.6) is 0 Å². The molecule has 0 aliphatic carbocycles. The highest BCUT2D eigenvalue weighted by Crippen LogP contribution is 2.32. The molecule has 2 aromatic rings. The summed E-state index contributed by atoms with van der Waals surface area (Å²) in [5.74, 6) is 0.0877. The molecule has 0 spiro atoms. The first kappa shape index (κ1) is 19.8. The zero-order valence-electron chi connectivity index (χ0n) is 16.2. The van der Waals surface area contributed by atoms with Crippen molar-refractivity contribution in [2.75, 3.05) is 49.1 Å².